The third-order valence-electron chi connectivity index (χ3n) is 10.2. The van der Waals surface area contributed by atoms with Gasteiger partial charge in [0.15, 0.2) is 11.6 Å². The van der Waals surface area contributed by atoms with Crippen LogP contribution in [0.4, 0.5) is 13.2 Å². The Balaban J connectivity index is 1.27. The van der Waals surface area contributed by atoms with E-state index < -0.39 is 51.9 Å². The van der Waals surface area contributed by atoms with Crippen molar-refractivity contribution in [1.29, 1.82) is 0 Å². The molecule has 2 aromatic carbocycles. The zero-order chi connectivity index (χ0) is 39.8. The van der Waals surface area contributed by atoms with Crippen LogP contribution in [0.5, 0.6) is 0 Å². The van der Waals surface area contributed by atoms with Gasteiger partial charge in [-0.3, -0.25) is 29.4 Å². The van der Waals surface area contributed by atoms with Gasteiger partial charge in [-0.15, -0.1) is 0 Å². The monoisotopic (exact) mass is 756 g/mol. The van der Waals surface area contributed by atoms with E-state index in [2.05, 4.69) is 31.0 Å². The fourth-order valence-electron chi connectivity index (χ4n) is 7.71. The first-order valence-corrected chi connectivity index (χ1v) is 18.0. The zero-order valence-electron chi connectivity index (χ0n) is 31.5. The highest BCUT2D eigenvalue weighted by Crippen LogP contribution is 2.40. The second-order valence-corrected chi connectivity index (χ2v) is 14.9. The number of nitrogens with one attached hydrogen (secondary N) is 4. The third-order valence-corrected chi connectivity index (χ3v) is 10.2. The molecule has 0 aliphatic carbocycles. The van der Waals surface area contributed by atoms with Gasteiger partial charge in [0.25, 0.3) is 23.6 Å². The van der Waals surface area contributed by atoms with Crippen molar-refractivity contribution in [3.05, 3.63) is 117 Å². The molecule has 0 fully saturated rings. The van der Waals surface area contributed by atoms with E-state index in [0.29, 0.717) is 47.7 Å². The van der Waals surface area contributed by atoms with Crippen LogP contribution in [-0.2, 0) is 20.4 Å². The Morgan fingerprint density at radius 2 is 1.29 bits per heavy atom. The van der Waals surface area contributed by atoms with Crippen LogP contribution in [0.25, 0.3) is 11.1 Å². The molecule has 0 unspecified atom stereocenters. The van der Waals surface area contributed by atoms with E-state index in [0.717, 1.165) is 17.7 Å². The number of benzene rings is 2. The molecular formula is C40H43F3N8O4. The quantitative estimate of drug-likeness (QED) is 0.167. The minimum atomic E-state index is -1.18. The predicted molar refractivity (Wildman–Crippen MR) is 199 cm³/mol. The van der Waals surface area contributed by atoms with Gasteiger partial charge >= 0.3 is 0 Å². The number of carbonyl (C=O) groups is 4. The zero-order valence-corrected chi connectivity index (χ0v) is 31.5. The number of fused-ring (bicyclic) bond motifs is 2. The maximum atomic E-state index is 14.2. The first-order chi connectivity index (χ1) is 26.0. The summed E-state index contributed by atoms with van der Waals surface area (Å²) in [4.78, 5) is 57.7. The van der Waals surface area contributed by atoms with E-state index in [1.54, 1.807) is 13.8 Å². The fourth-order valence-corrected chi connectivity index (χ4v) is 7.71. The maximum absolute atomic E-state index is 14.2. The van der Waals surface area contributed by atoms with E-state index in [4.69, 9.17) is 0 Å². The standard InChI is InChI=1S/C40H43F3N8O4/c1-7-44-35(52)28-19-51(38(55)25-11-14-29(42)30(43)17-25)21-40(6,32-23(3)47-49-34(28)32)15-8-16-45-36(53)27-18-50(37(54)24-9-12-26(41)13-10-24)20-39(4,5)31-22(2)46-48-33(27)31/h9-14,17-19H,7-8,15-16,20-21H2,1-6H3,(H,44,52)(H,45,53)(H,46,48)(H,47,49)/t40-/m1/s1. The van der Waals surface area contributed by atoms with Gasteiger partial charge in [-0.1, -0.05) is 20.8 Å². The first kappa shape index (κ1) is 38.7. The van der Waals surface area contributed by atoms with Gasteiger partial charge in [0.05, 0.1) is 33.9 Å². The molecule has 288 valence electrons. The number of aromatic nitrogens is 4. The van der Waals surface area contributed by atoms with Crippen LogP contribution in [0, 0.1) is 31.3 Å². The van der Waals surface area contributed by atoms with Crippen molar-refractivity contribution in [2.75, 3.05) is 26.2 Å². The Morgan fingerprint density at radius 3 is 1.91 bits per heavy atom. The molecule has 4 heterocycles. The first-order valence-electron chi connectivity index (χ1n) is 18.0. The highest BCUT2D eigenvalue weighted by molar-refractivity contribution is 6.20. The predicted octanol–water partition coefficient (Wildman–Crippen LogP) is 5.43. The van der Waals surface area contributed by atoms with E-state index in [1.165, 1.54) is 52.5 Å². The summed E-state index contributed by atoms with van der Waals surface area (Å²) in [5.41, 5.74) is 2.77. The molecule has 0 bridgehead atoms. The van der Waals surface area contributed by atoms with Crippen molar-refractivity contribution < 1.29 is 32.3 Å². The molecule has 1 atom stereocenters. The fraction of sp³-hybridized carbons (Fsp3) is 0.350. The van der Waals surface area contributed by atoms with E-state index in [9.17, 15) is 32.3 Å². The number of likely N-dealkylation sites (N-methyl/N-ethyl adjacent to an activating group) is 1. The average molecular weight is 757 g/mol. The number of halogens is 3. The van der Waals surface area contributed by atoms with Crippen molar-refractivity contribution in [3.63, 3.8) is 0 Å². The number of amides is 4. The minimum absolute atomic E-state index is 0.0481. The summed E-state index contributed by atoms with van der Waals surface area (Å²) < 4.78 is 41.7. The summed E-state index contributed by atoms with van der Waals surface area (Å²) >= 11 is 0. The smallest absolute Gasteiger partial charge is 0.257 e. The molecule has 0 saturated heterocycles. The van der Waals surface area contributed by atoms with Gasteiger partial charge in [-0.2, -0.15) is 10.2 Å². The Labute approximate surface area is 316 Å². The molecule has 0 saturated carbocycles. The maximum Gasteiger partial charge on any atom is 0.257 e. The van der Waals surface area contributed by atoms with Gasteiger partial charge in [-0.25, -0.2) is 13.2 Å². The lowest BCUT2D eigenvalue weighted by atomic mass is 9.76. The molecule has 2 aliphatic rings. The van der Waals surface area contributed by atoms with E-state index in [1.807, 2.05) is 27.7 Å². The van der Waals surface area contributed by atoms with Crippen molar-refractivity contribution >= 4 is 34.8 Å². The normalized spacial score (nSPS) is 17.6. The van der Waals surface area contributed by atoms with Gasteiger partial charge in [0.1, 0.15) is 5.82 Å². The lowest BCUT2D eigenvalue weighted by Crippen LogP contribution is -2.40. The van der Waals surface area contributed by atoms with Crippen molar-refractivity contribution in [1.82, 2.24) is 40.8 Å². The van der Waals surface area contributed by atoms with E-state index in [-0.39, 0.29) is 41.9 Å². The highest BCUT2D eigenvalue weighted by atomic mass is 19.2. The number of hydrogen-bond acceptors (Lipinski definition) is 6. The summed E-state index contributed by atoms with van der Waals surface area (Å²) in [6.45, 7) is 12.0. The van der Waals surface area contributed by atoms with Crippen LogP contribution in [-0.4, -0.2) is 80.0 Å². The van der Waals surface area contributed by atoms with E-state index >= 15 is 0 Å². The number of aromatic amines is 2. The third kappa shape index (κ3) is 7.55. The molecule has 4 amide bonds. The average Bonchev–Trinajstić information content (AvgIpc) is 3.66. The molecule has 55 heavy (non-hydrogen) atoms. The Kier molecular flexibility index (Phi) is 10.6. The van der Waals surface area contributed by atoms with Crippen molar-refractivity contribution in [3.8, 4) is 0 Å². The molecule has 4 N–H and O–H groups in total. The van der Waals surface area contributed by atoms with Crippen LogP contribution >= 0.6 is 0 Å². The lowest BCUT2D eigenvalue weighted by molar-refractivity contribution is -0.116. The van der Waals surface area contributed by atoms with Gasteiger partial charge in [0.2, 0.25) is 0 Å². The summed E-state index contributed by atoms with van der Waals surface area (Å²) in [5, 5.41) is 20.5. The number of H-pyrrole nitrogens is 2. The van der Waals surface area contributed by atoms with Crippen LogP contribution < -0.4 is 10.6 Å². The molecule has 4 aromatic rings. The van der Waals surface area contributed by atoms with Gasteiger partial charge in [0, 0.05) is 71.7 Å². The second-order valence-electron chi connectivity index (χ2n) is 14.9. The summed E-state index contributed by atoms with van der Waals surface area (Å²) in [6.07, 6.45) is 3.70. The van der Waals surface area contributed by atoms with Crippen LogP contribution in [0.15, 0.2) is 54.9 Å². The topological polar surface area (TPSA) is 156 Å². The van der Waals surface area contributed by atoms with Crippen LogP contribution in [0.1, 0.15) is 95.2 Å². The molecule has 0 spiro atoms. The Hall–Kier alpha value is -5.99. The van der Waals surface area contributed by atoms with Crippen molar-refractivity contribution in [2.45, 2.75) is 65.2 Å². The summed E-state index contributed by atoms with van der Waals surface area (Å²) in [5.74, 6) is -4.69. The SMILES string of the molecule is CCNC(=O)C1=CN(C(=O)c2ccc(F)c(F)c2)C[C@@](C)(CCCNC(=O)C2=CN(C(=O)c3ccc(F)cc3)CC(C)(C)c3c(C)n[nH]c32)c2c(C)n[nH]c21. The number of aryl methyl sites for hydroxylation is 2. The van der Waals surface area contributed by atoms with Crippen molar-refractivity contribution in [2.24, 2.45) is 0 Å². The molecular weight excluding hydrogens is 713 g/mol. The number of hydrogen-bond donors (Lipinski definition) is 4. The Bertz CT molecular complexity index is 2240. The van der Waals surface area contributed by atoms with Gasteiger partial charge < -0.3 is 20.4 Å². The molecule has 15 heteroatoms. The lowest BCUT2D eigenvalue weighted by Gasteiger charge is -2.33. The van der Waals surface area contributed by atoms with Crippen LogP contribution in [0.2, 0.25) is 0 Å². The number of carbonyl (C=O) groups excluding carboxylic acids is 4. The van der Waals surface area contributed by atoms with Gasteiger partial charge in [-0.05, 0) is 76.1 Å². The summed E-state index contributed by atoms with van der Waals surface area (Å²) in [7, 11) is 0. The summed E-state index contributed by atoms with van der Waals surface area (Å²) in [6, 6.07) is 8.11. The molecule has 2 aliphatic heterocycles. The molecule has 6 rings (SSSR count). The number of nitrogens with zero attached hydrogens (tertiary/aromatic N) is 4. The molecule has 0 radical (unpaired) electrons. The molecule has 2 aromatic heterocycles. The second kappa shape index (κ2) is 15.0. The highest BCUT2D eigenvalue weighted by Gasteiger charge is 2.41. The Morgan fingerprint density at radius 1 is 0.745 bits per heavy atom. The minimum Gasteiger partial charge on any atom is -0.352 e. The largest absolute Gasteiger partial charge is 0.352 e. The van der Waals surface area contributed by atoms with Crippen LogP contribution in [0.3, 0.4) is 0 Å². The molecule has 12 nitrogen and oxygen atoms in total. The number of rotatable bonds is 9.